The first-order chi connectivity index (χ1) is 7.77. The zero-order valence-corrected chi connectivity index (χ0v) is 9.99. The van der Waals surface area contributed by atoms with Crippen molar-refractivity contribution in [2.75, 3.05) is 32.8 Å². The molecule has 0 amide bonds. The summed E-state index contributed by atoms with van der Waals surface area (Å²) in [6.45, 7) is 4.36. The molecule has 1 aliphatic rings. The van der Waals surface area contributed by atoms with Gasteiger partial charge in [-0.2, -0.15) is 0 Å². The van der Waals surface area contributed by atoms with Crippen molar-refractivity contribution < 1.29 is 4.74 Å². The molecule has 0 aromatic heterocycles. The lowest BCUT2D eigenvalue weighted by Crippen LogP contribution is -2.40. The van der Waals surface area contributed by atoms with E-state index in [1.54, 1.807) is 0 Å². The predicted molar refractivity (Wildman–Crippen MR) is 65.6 cm³/mol. The molecule has 2 N–H and O–H groups in total. The molecule has 0 radical (unpaired) electrons. The fraction of sp³-hybridized carbons (Fsp3) is 0.500. The molecule has 3 nitrogen and oxygen atoms in total. The highest BCUT2D eigenvalue weighted by atomic mass is 35.5. The topological polar surface area (TPSA) is 38.5 Å². The number of benzene rings is 1. The molecule has 0 aliphatic carbocycles. The summed E-state index contributed by atoms with van der Waals surface area (Å²) in [5.41, 5.74) is 7.18. The third-order valence-corrected chi connectivity index (χ3v) is 3.21. The standard InChI is InChI=1S/C12H17ClN2O/c13-11-4-2-1-3-10(11)12(14)9-15-5-7-16-8-6-15/h1-4,12H,5-9,14H2. The van der Waals surface area contributed by atoms with Crippen LogP contribution in [0.1, 0.15) is 11.6 Å². The van der Waals surface area contributed by atoms with Gasteiger partial charge in [-0.3, -0.25) is 4.90 Å². The first-order valence-corrected chi connectivity index (χ1v) is 5.95. The van der Waals surface area contributed by atoms with Crippen LogP contribution in [0, 0.1) is 0 Å². The van der Waals surface area contributed by atoms with Crippen LogP contribution in [0.15, 0.2) is 24.3 Å². The molecule has 2 rings (SSSR count). The lowest BCUT2D eigenvalue weighted by Gasteiger charge is -2.29. The number of nitrogens with zero attached hydrogens (tertiary/aromatic N) is 1. The fourth-order valence-corrected chi connectivity index (χ4v) is 2.21. The van der Waals surface area contributed by atoms with E-state index in [1.165, 1.54) is 0 Å². The summed E-state index contributed by atoms with van der Waals surface area (Å²) in [4.78, 5) is 2.32. The van der Waals surface area contributed by atoms with Crippen LogP contribution in [0.4, 0.5) is 0 Å². The maximum Gasteiger partial charge on any atom is 0.0594 e. The highest BCUT2D eigenvalue weighted by Crippen LogP contribution is 2.21. The quantitative estimate of drug-likeness (QED) is 0.874. The fourth-order valence-electron chi connectivity index (χ4n) is 1.94. The van der Waals surface area contributed by atoms with E-state index in [4.69, 9.17) is 22.1 Å². The largest absolute Gasteiger partial charge is 0.379 e. The minimum atomic E-state index is -0.0215. The summed E-state index contributed by atoms with van der Waals surface area (Å²) in [6.07, 6.45) is 0. The molecular weight excluding hydrogens is 224 g/mol. The number of halogens is 1. The van der Waals surface area contributed by atoms with Crippen molar-refractivity contribution >= 4 is 11.6 Å². The van der Waals surface area contributed by atoms with Gasteiger partial charge in [0.1, 0.15) is 0 Å². The van der Waals surface area contributed by atoms with Gasteiger partial charge in [0, 0.05) is 30.7 Å². The Hall–Kier alpha value is -0.610. The molecule has 1 fully saturated rings. The molecule has 1 aromatic rings. The smallest absolute Gasteiger partial charge is 0.0594 e. The van der Waals surface area contributed by atoms with E-state index < -0.39 is 0 Å². The van der Waals surface area contributed by atoms with Gasteiger partial charge in [-0.05, 0) is 11.6 Å². The molecule has 88 valence electrons. The zero-order valence-electron chi connectivity index (χ0n) is 9.23. The van der Waals surface area contributed by atoms with Crippen LogP contribution in [0.5, 0.6) is 0 Å². The van der Waals surface area contributed by atoms with Gasteiger partial charge in [-0.1, -0.05) is 29.8 Å². The van der Waals surface area contributed by atoms with Crippen molar-refractivity contribution in [1.82, 2.24) is 4.90 Å². The monoisotopic (exact) mass is 240 g/mol. The molecule has 1 unspecified atom stereocenters. The first-order valence-electron chi connectivity index (χ1n) is 5.57. The van der Waals surface area contributed by atoms with E-state index in [0.29, 0.717) is 0 Å². The Kier molecular flexibility index (Phi) is 4.18. The maximum absolute atomic E-state index is 6.16. The molecule has 1 atom stereocenters. The molecular formula is C12H17ClN2O. The van der Waals surface area contributed by atoms with E-state index in [0.717, 1.165) is 43.4 Å². The molecule has 0 bridgehead atoms. The summed E-state index contributed by atoms with van der Waals surface area (Å²) >= 11 is 6.11. The van der Waals surface area contributed by atoms with Gasteiger partial charge >= 0.3 is 0 Å². The molecule has 0 spiro atoms. The molecule has 1 aliphatic heterocycles. The van der Waals surface area contributed by atoms with Crippen LogP contribution in [-0.4, -0.2) is 37.7 Å². The molecule has 1 heterocycles. The third kappa shape index (κ3) is 2.95. The number of morpholine rings is 1. The van der Waals surface area contributed by atoms with E-state index in [1.807, 2.05) is 24.3 Å². The van der Waals surface area contributed by atoms with Crippen molar-refractivity contribution in [2.24, 2.45) is 5.73 Å². The van der Waals surface area contributed by atoms with Crippen LogP contribution >= 0.6 is 11.6 Å². The average Bonchev–Trinajstić information content (AvgIpc) is 2.31. The van der Waals surface area contributed by atoms with Crippen LogP contribution in [0.25, 0.3) is 0 Å². The lowest BCUT2D eigenvalue weighted by atomic mass is 10.1. The molecule has 0 saturated carbocycles. The maximum atomic E-state index is 6.16. The van der Waals surface area contributed by atoms with Crippen molar-refractivity contribution in [3.05, 3.63) is 34.9 Å². The Morgan fingerprint density at radius 2 is 2.00 bits per heavy atom. The summed E-state index contributed by atoms with van der Waals surface area (Å²) in [5, 5.41) is 0.753. The van der Waals surface area contributed by atoms with E-state index >= 15 is 0 Å². The minimum Gasteiger partial charge on any atom is -0.379 e. The zero-order chi connectivity index (χ0) is 11.4. The summed E-state index contributed by atoms with van der Waals surface area (Å²) in [7, 11) is 0. The minimum absolute atomic E-state index is 0.0215. The molecule has 16 heavy (non-hydrogen) atoms. The Morgan fingerprint density at radius 1 is 1.31 bits per heavy atom. The lowest BCUT2D eigenvalue weighted by molar-refractivity contribution is 0.0352. The highest BCUT2D eigenvalue weighted by Gasteiger charge is 2.16. The average molecular weight is 241 g/mol. The van der Waals surface area contributed by atoms with E-state index in [2.05, 4.69) is 4.90 Å². The van der Waals surface area contributed by atoms with Crippen molar-refractivity contribution in [3.8, 4) is 0 Å². The highest BCUT2D eigenvalue weighted by molar-refractivity contribution is 6.31. The Morgan fingerprint density at radius 3 is 2.69 bits per heavy atom. The number of ether oxygens (including phenoxy) is 1. The number of hydrogen-bond acceptors (Lipinski definition) is 3. The van der Waals surface area contributed by atoms with E-state index in [-0.39, 0.29) is 6.04 Å². The predicted octanol–water partition coefficient (Wildman–Crippen LogP) is 1.67. The Balaban J connectivity index is 1.96. The van der Waals surface area contributed by atoms with Crippen LogP contribution < -0.4 is 5.73 Å². The number of rotatable bonds is 3. The second-order valence-electron chi connectivity index (χ2n) is 4.04. The number of nitrogens with two attached hydrogens (primary N) is 1. The first kappa shape index (κ1) is 11.9. The van der Waals surface area contributed by atoms with Crippen molar-refractivity contribution in [3.63, 3.8) is 0 Å². The van der Waals surface area contributed by atoms with Gasteiger partial charge < -0.3 is 10.5 Å². The Labute approximate surface area is 101 Å². The molecule has 4 heteroatoms. The van der Waals surface area contributed by atoms with Gasteiger partial charge in [0.05, 0.1) is 13.2 Å². The third-order valence-electron chi connectivity index (χ3n) is 2.86. The summed E-state index contributed by atoms with van der Waals surface area (Å²) in [6, 6.07) is 7.75. The summed E-state index contributed by atoms with van der Waals surface area (Å²) < 4.78 is 5.30. The van der Waals surface area contributed by atoms with Gasteiger partial charge in [-0.15, -0.1) is 0 Å². The van der Waals surface area contributed by atoms with Gasteiger partial charge in [-0.25, -0.2) is 0 Å². The SMILES string of the molecule is NC(CN1CCOCC1)c1ccccc1Cl. The van der Waals surface area contributed by atoms with Crippen molar-refractivity contribution in [1.29, 1.82) is 0 Å². The molecule has 1 aromatic carbocycles. The Bertz CT molecular complexity index is 340. The second-order valence-corrected chi connectivity index (χ2v) is 4.45. The second kappa shape index (κ2) is 5.64. The van der Waals surface area contributed by atoms with Gasteiger partial charge in [0.25, 0.3) is 0 Å². The number of hydrogen-bond donors (Lipinski definition) is 1. The van der Waals surface area contributed by atoms with Crippen molar-refractivity contribution in [2.45, 2.75) is 6.04 Å². The van der Waals surface area contributed by atoms with Crippen LogP contribution in [0.2, 0.25) is 5.02 Å². The van der Waals surface area contributed by atoms with Crippen LogP contribution in [-0.2, 0) is 4.74 Å². The normalized spacial score (nSPS) is 19.6. The van der Waals surface area contributed by atoms with E-state index in [9.17, 15) is 0 Å². The molecule has 1 saturated heterocycles. The van der Waals surface area contributed by atoms with Crippen LogP contribution in [0.3, 0.4) is 0 Å². The van der Waals surface area contributed by atoms with Gasteiger partial charge in [0.2, 0.25) is 0 Å². The summed E-state index contributed by atoms with van der Waals surface area (Å²) in [5.74, 6) is 0. The van der Waals surface area contributed by atoms with Gasteiger partial charge in [0.15, 0.2) is 0 Å².